The summed E-state index contributed by atoms with van der Waals surface area (Å²) in [5.41, 5.74) is 0.343. The van der Waals surface area contributed by atoms with Gasteiger partial charge in [0.25, 0.3) is 0 Å². The minimum Gasteiger partial charge on any atom is -0.392 e. The summed E-state index contributed by atoms with van der Waals surface area (Å²) in [6.07, 6.45) is 7.72. The Morgan fingerprint density at radius 2 is 2.21 bits per heavy atom. The van der Waals surface area contributed by atoms with Gasteiger partial charge in [-0.05, 0) is 55.3 Å². The normalized spacial score (nSPS) is 59.1. The summed E-state index contributed by atoms with van der Waals surface area (Å²) in [6.45, 7) is 6.20. The summed E-state index contributed by atoms with van der Waals surface area (Å²) in [5.74, 6) is 2.72. The zero-order valence-electron chi connectivity index (χ0n) is 11.8. The number of ketones is 1. The fourth-order valence-corrected chi connectivity index (χ4v) is 6.55. The monoisotopic (exact) mass is 260 g/mol. The van der Waals surface area contributed by atoms with Gasteiger partial charge in [-0.1, -0.05) is 13.0 Å². The van der Waals surface area contributed by atoms with Crippen LogP contribution in [0.25, 0.3) is 0 Å². The van der Waals surface area contributed by atoms with Crippen LogP contribution in [-0.2, 0) is 4.79 Å². The molecule has 4 saturated carbocycles. The van der Waals surface area contributed by atoms with Crippen LogP contribution in [0.5, 0.6) is 0 Å². The third kappa shape index (κ3) is 1.16. The van der Waals surface area contributed by atoms with Crippen LogP contribution in [0.2, 0.25) is 0 Å². The Bertz CT molecular complexity index is 456. The molecule has 2 nitrogen and oxygen atoms in total. The SMILES string of the molecule is C=C[C@@H]1CCC2C3C4(C[C@]3(CCC4=O)C[C@@H]1O)[C@H]2C. The Labute approximate surface area is 115 Å². The van der Waals surface area contributed by atoms with E-state index in [2.05, 4.69) is 13.5 Å². The number of aliphatic hydroxyl groups excluding tert-OH is 1. The number of rotatable bonds is 1. The Kier molecular flexibility index (Phi) is 2.25. The van der Waals surface area contributed by atoms with Crippen LogP contribution in [0.4, 0.5) is 0 Å². The zero-order valence-corrected chi connectivity index (χ0v) is 11.8. The van der Waals surface area contributed by atoms with Crippen LogP contribution in [0.15, 0.2) is 12.7 Å². The van der Waals surface area contributed by atoms with Crippen molar-refractivity contribution in [1.82, 2.24) is 0 Å². The number of carbonyl (C=O) groups is 1. The molecule has 0 heterocycles. The van der Waals surface area contributed by atoms with E-state index >= 15 is 0 Å². The van der Waals surface area contributed by atoms with E-state index in [1.807, 2.05) is 6.08 Å². The second-order valence-corrected chi connectivity index (χ2v) is 7.68. The second-order valence-electron chi connectivity index (χ2n) is 7.68. The highest BCUT2D eigenvalue weighted by atomic mass is 16.3. The van der Waals surface area contributed by atoms with Gasteiger partial charge >= 0.3 is 0 Å². The minimum absolute atomic E-state index is 0.0453. The average Bonchev–Trinajstić information content (AvgIpc) is 2.37. The standard InChI is InChI=1S/C17H24O2/c1-3-11-4-5-12-10(2)17-9-16(15(12)17,8-13(11)18)7-6-14(17)19/h3,10-13,15,18H,1,4-9H2,2H3/t10-,11+,12?,13-,15?,16-,17?/m0/s1. The molecule has 0 radical (unpaired) electrons. The first kappa shape index (κ1) is 12.1. The summed E-state index contributed by atoms with van der Waals surface area (Å²) in [7, 11) is 0. The first-order valence-electron chi connectivity index (χ1n) is 7.89. The molecule has 3 unspecified atom stereocenters. The summed E-state index contributed by atoms with van der Waals surface area (Å²) < 4.78 is 0. The Balaban J connectivity index is 1.70. The second kappa shape index (κ2) is 3.52. The van der Waals surface area contributed by atoms with Crippen molar-refractivity contribution in [2.45, 2.75) is 51.6 Å². The molecule has 2 spiro atoms. The van der Waals surface area contributed by atoms with E-state index < -0.39 is 0 Å². The first-order valence-corrected chi connectivity index (χ1v) is 7.89. The largest absolute Gasteiger partial charge is 0.392 e. The van der Waals surface area contributed by atoms with E-state index in [9.17, 15) is 9.90 Å². The number of carbonyl (C=O) groups excluding carboxylic acids is 1. The Morgan fingerprint density at radius 3 is 2.95 bits per heavy atom. The van der Waals surface area contributed by atoms with Gasteiger partial charge in [0.2, 0.25) is 0 Å². The van der Waals surface area contributed by atoms with E-state index in [4.69, 9.17) is 0 Å². The third-order valence-corrected chi connectivity index (χ3v) is 7.36. The molecule has 0 amide bonds. The highest BCUT2D eigenvalue weighted by molar-refractivity contribution is 5.90. The molecule has 0 aromatic carbocycles. The van der Waals surface area contributed by atoms with Crippen molar-refractivity contribution in [3.05, 3.63) is 12.7 Å². The molecule has 0 aliphatic heterocycles. The van der Waals surface area contributed by atoms with Gasteiger partial charge in [0.05, 0.1) is 6.10 Å². The summed E-state index contributed by atoms with van der Waals surface area (Å²) >= 11 is 0. The fourth-order valence-electron chi connectivity index (χ4n) is 6.55. The molecule has 4 fully saturated rings. The smallest absolute Gasteiger partial charge is 0.139 e. The lowest BCUT2D eigenvalue weighted by Crippen LogP contribution is -2.78. The molecule has 0 saturated heterocycles. The summed E-state index contributed by atoms with van der Waals surface area (Å²) in [4.78, 5) is 12.4. The van der Waals surface area contributed by atoms with Crippen LogP contribution in [0, 0.1) is 34.5 Å². The molecule has 0 aromatic rings. The maximum atomic E-state index is 12.4. The van der Waals surface area contributed by atoms with E-state index in [0.29, 0.717) is 23.0 Å². The van der Waals surface area contributed by atoms with Gasteiger partial charge in [-0.3, -0.25) is 4.79 Å². The zero-order chi connectivity index (χ0) is 13.4. The van der Waals surface area contributed by atoms with Crippen LogP contribution in [0.3, 0.4) is 0 Å². The van der Waals surface area contributed by atoms with E-state index in [-0.39, 0.29) is 17.4 Å². The van der Waals surface area contributed by atoms with Crippen LogP contribution in [0.1, 0.15) is 45.4 Å². The summed E-state index contributed by atoms with van der Waals surface area (Å²) in [6, 6.07) is 0. The molecule has 104 valence electrons. The molecule has 19 heavy (non-hydrogen) atoms. The minimum atomic E-state index is -0.236. The van der Waals surface area contributed by atoms with Crippen molar-refractivity contribution in [1.29, 1.82) is 0 Å². The lowest BCUT2D eigenvalue weighted by Gasteiger charge is -2.79. The van der Waals surface area contributed by atoms with E-state index in [0.717, 1.165) is 38.0 Å². The van der Waals surface area contributed by atoms with Gasteiger partial charge in [0.15, 0.2) is 0 Å². The van der Waals surface area contributed by atoms with Gasteiger partial charge in [-0.15, -0.1) is 6.58 Å². The van der Waals surface area contributed by atoms with Gasteiger partial charge < -0.3 is 5.11 Å². The lowest BCUT2D eigenvalue weighted by molar-refractivity contribution is -0.302. The van der Waals surface area contributed by atoms with Gasteiger partial charge in [0.1, 0.15) is 5.78 Å². The maximum Gasteiger partial charge on any atom is 0.139 e. The topological polar surface area (TPSA) is 37.3 Å². The van der Waals surface area contributed by atoms with Crippen molar-refractivity contribution in [2.75, 3.05) is 0 Å². The highest BCUT2D eigenvalue weighted by Gasteiger charge is 2.79. The van der Waals surface area contributed by atoms with Crippen LogP contribution < -0.4 is 0 Å². The molecule has 4 aliphatic carbocycles. The molecule has 4 aliphatic rings. The fraction of sp³-hybridized carbons (Fsp3) is 0.824. The molecule has 0 aromatic heterocycles. The van der Waals surface area contributed by atoms with Crippen molar-refractivity contribution in [3.8, 4) is 0 Å². The van der Waals surface area contributed by atoms with Gasteiger partial charge in [-0.25, -0.2) is 0 Å². The van der Waals surface area contributed by atoms with Crippen molar-refractivity contribution >= 4 is 5.78 Å². The molecule has 1 N–H and O–H groups in total. The molecular formula is C17H24O2. The third-order valence-electron chi connectivity index (χ3n) is 7.36. The maximum absolute atomic E-state index is 12.4. The Hall–Kier alpha value is -0.630. The Morgan fingerprint density at radius 1 is 1.42 bits per heavy atom. The molecular weight excluding hydrogens is 236 g/mol. The van der Waals surface area contributed by atoms with Crippen LogP contribution in [-0.4, -0.2) is 17.0 Å². The molecule has 7 atom stereocenters. The van der Waals surface area contributed by atoms with Crippen LogP contribution >= 0.6 is 0 Å². The van der Waals surface area contributed by atoms with E-state index in [1.165, 1.54) is 6.42 Å². The van der Waals surface area contributed by atoms with Crippen molar-refractivity contribution in [2.24, 2.45) is 34.5 Å². The average molecular weight is 260 g/mol. The lowest BCUT2D eigenvalue weighted by atomic mass is 9.23. The first-order chi connectivity index (χ1) is 9.05. The van der Waals surface area contributed by atoms with Gasteiger partial charge in [-0.2, -0.15) is 0 Å². The molecule has 2 bridgehead atoms. The number of hydrogen-bond donors (Lipinski definition) is 1. The van der Waals surface area contributed by atoms with Gasteiger partial charge in [0, 0.05) is 17.8 Å². The predicted molar refractivity (Wildman–Crippen MR) is 73.4 cm³/mol. The van der Waals surface area contributed by atoms with Crippen molar-refractivity contribution < 1.29 is 9.90 Å². The highest BCUT2D eigenvalue weighted by Crippen LogP contribution is 2.81. The predicted octanol–water partition coefficient (Wildman–Crippen LogP) is 2.95. The number of aliphatic hydroxyl groups is 1. The van der Waals surface area contributed by atoms with Crippen molar-refractivity contribution in [3.63, 3.8) is 0 Å². The van der Waals surface area contributed by atoms with E-state index in [1.54, 1.807) is 0 Å². The molecule has 4 rings (SSSR count). The number of Topliss-reactive ketones (excluding diaryl/α,β-unsaturated/α-hetero) is 1. The summed E-state index contributed by atoms with van der Waals surface area (Å²) in [5, 5.41) is 10.5. The molecule has 2 heteroatoms. The quantitative estimate of drug-likeness (QED) is 0.736. The number of hydrogen-bond acceptors (Lipinski definition) is 2.